The van der Waals surface area contributed by atoms with E-state index in [1.807, 2.05) is 0 Å². The molecule has 13 rings (SSSR count). The lowest BCUT2D eigenvalue weighted by Crippen LogP contribution is -2.47. The first-order valence-corrected chi connectivity index (χ1v) is 27.5. The third-order valence-corrected chi connectivity index (χ3v) is 17.0. The summed E-state index contributed by atoms with van der Waals surface area (Å²) in [5.74, 6) is -7.30. The van der Waals surface area contributed by atoms with Crippen molar-refractivity contribution in [1.29, 1.82) is 0 Å². The molecule has 0 amide bonds. The molecular formula is C66H40N2O12S2. The number of ether oxygens (including phenoxy) is 4. The predicted molar refractivity (Wildman–Crippen MR) is 302 cm³/mol. The van der Waals surface area contributed by atoms with E-state index < -0.39 is 57.8 Å². The monoisotopic (exact) mass is 1120 g/mol. The van der Waals surface area contributed by atoms with Crippen LogP contribution < -0.4 is 0 Å². The van der Waals surface area contributed by atoms with Crippen LogP contribution >= 0.6 is 22.7 Å². The Kier molecular flexibility index (Phi) is 12.8. The Morgan fingerprint density at radius 3 is 0.951 bits per heavy atom. The molecule has 398 valence electrons. The number of allylic oxidation sites excluding steroid dienone is 2. The highest BCUT2D eigenvalue weighted by Gasteiger charge is 2.65. The number of benzene rings is 7. The largest absolute Gasteiger partial charge is 0.459 e. The highest BCUT2D eigenvalue weighted by Crippen LogP contribution is 2.60. The van der Waals surface area contributed by atoms with Gasteiger partial charge in [0, 0.05) is 22.3 Å². The van der Waals surface area contributed by atoms with Crippen LogP contribution in [0.5, 0.6) is 0 Å². The van der Waals surface area contributed by atoms with Gasteiger partial charge >= 0.3 is 23.9 Å². The van der Waals surface area contributed by atoms with Crippen molar-refractivity contribution >= 4 is 93.0 Å². The molecule has 16 heteroatoms. The number of carbonyl (C=O) groups is 8. The standard InChI is InChI=1S/C66H40N2O12S2/c69-53-43-27-15-13-25-41(43)45(55(53)71)31-51-67-59-57(81-51)47-30-50-48(29-49(47)65(59,61(73)77-33-37-17-5-1-6-18-37)62(74)78-34-38-19-7-2-8-20-38)58-60(68-52(82-58)32-46-42-26-14-16-28-44(42)54(70)56(46)72)66(50,63(75)79-35-39-21-9-3-10-22-39)64(76)80-36-40-23-11-4-12-24-40/h1-32H,33-36H2/b45-31-,46-32-. The summed E-state index contributed by atoms with van der Waals surface area (Å²) in [5.41, 5.74) is -1.36. The molecule has 9 aromatic rings. The number of Topliss-reactive ketones (excluding diaryl/α,β-unsaturated/α-hetero) is 4. The van der Waals surface area contributed by atoms with Gasteiger partial charge in [-0.05, 0) is 79.9 Å². The molecule has 0 N–H and O–H groups in total. The maximum absolute atomic E-state index is 15.7. The molecule has 82 heavy (non-hydrogen) atoms. The highest BCUT2D eigenvalue weighted by atomic mass is 32.1. The van der Waals surface area contributed by atoms with E-state index in [4.69, 9.17) is 28.9 Å². The lowest BCUT2D eigenvalue weighted by atomic mass is 9.76. The van der Waals surface area contributed by atoms with Gasteiger partial charge in [0.2, 0.25) is 34.0 Å². The Morgan fingerprint density at radius 1 is 0.366 bits per heavy atom. The van der Waals surface area contributed by atoms with E-state index in [-0.39, 0.29) is 102 Å². The molecule has 2 aromatic heterocycles. The number of fused-ring (bicyclic) bond motifs is 8. The molecule has 0 saturated carbocycles. The van der Waals surface area contributed by atoms with E-state index in [0.29, 0.717) is 33.4 Å². The summed E-state index contributed by atoms with van der Waals surface area (Å²) in [6.07, 6.45) is 2.87. The van der Waals surface area contributed by atoms with Gasteiger partial charge in [0.25, 0.3) is 0 Å². The SMILES string of the molecule is O=C1C(=O)c2ccccc2/C1=C/c1nc2c(s1)-c1cc3c(cc1C2(C(=O)OCc1ccccc1)C(=O)OCc1ccccc1)-c1sc(/C=C2\C(=O)C(=O)c4ccccc42)nc1C3(C(=O)OCc1ccccc1)C(=O)OCc1ccccc1. The summed E-state index contributed by atoms with van der Waals surface area (Å²) in [6.45, 7) is -1.16. The van der Waals surface area contributed by atoms with Crippen LogP contribution in [-0.4, -0.2) is 57.0 Å². The Morgan fingerprint density at radius 2 is 0.646 bits per heavy atom. The number of esters is 4. The van der Waals surface area contributed by atoms with Gasteiger partial charge in [-0.25, -0.2) is 9.97 Å². The van der Waals surface area contributed by atoms with E-state index in [0.717, 1.165) is 22.7 Å². The molecule has 4 aliphatic rings. The highest BCUT2D eigenvalue weighted by molar-refractivity contribution is 7.17. The number of hydrogen-bond donors (Lipinski definition) is 0. The Bertz CT molecular complexity index is 3890. The first-order valence-electron chi connectivity index (χ1n) is 25.8. The lowest BCUT2D eigenvalue weighted by molar-refractivity contribution is -0.166. The molecule has 0 spiro atoms. The van der Waals surface area contributed by atoms with Crippen LogP contribution in [0.4, 0.5) is 0 Å². The molecule has 0 aliphatic heterocycles. The van der Waals surface area contributed by atoms with Crippen molar-refractivity contribution < 1.29 is 57.3 Å². The number of hydrogen-bond acceptors (Lipinski definition) is 16. The molecule has 2 heterocycles. The molecule has 4 aliphatic carbocycles. The van der Waals surface area contributed by atoms with Gasteiger partial charge < -0.3 is 18.9 Å². The van der Waals surface area contributed by atoms with Crippen molar-refractivity contribution in [2.75, 3.05) is 0 Å². The van der Waals surface area contributed by atoms with E-state index in [9.17, 15) is 19.2 Å². The topological polar surface area (TPSA) is 199 Å². The fourth-order valence-corrected chi connectivity index (χ4v) is 13.1. The fourth-order valence-electron chi connectivity index (χ4n) is 10.9. The molecule has 7 aromatic carbocycles. The van der Waals surface area contributed by atoms with Gasteiger partial charge in [-0.1, -0.05) is 170 Å². The molecule has 0 bridgehead atoms. The van der Waals surface area contributed by atoms with Gasteiger partial charge in [-0.3, -0.25) is 38.4 Å². The molecule has 0 fully saturated rings. The first-order chi connectivity index (χ1) is 40.0. The Hall–Kier alpha value is -10.2. The summed E-state index contributed by atoms with van der Waals surface area (Å²) < 4.78 is 24.8. The van der Waals surface area contributed by atoms with E-state index >= 15 is 19.2 Å². The van der Waals surface area contributed by atoms with Gasteiger partial charge in [-0.2, -0.15) is 0 Å². The smallest absolute Gasteiger partial charge is 0.334 e. The molecule has 0 radical (unpaired) electrons. The zero-order valence-electron chi connectivity index (χ0n) is 42.9. The fraction of sp³-hybridized carbons (Fsp3) is 0.0909. The molecule has 0 saturated heterocycles. The van der Waals surface area contributed by atoms with Crippen LogP contribution in [0, 0.1) is 0 Å². The minimum absolute atomic E-state index is 0.0173. The zero-order chi connectivity index (χ0) is 56.3. The van der Waals surface area contributed by atoms with Crippen molar-refractivity contribution in [2.45, 2.75) is 37.3 Å². The summed E-state index contributed by atoms with van der Waals surface area (Å²) in [4.78, 5) is 127. The Balaban J connectivity index is 1.06. The number of ketones is 4. The second-order valence-electron chi connectivity index (χ2n) is 19.7. The van der Waals surface area contributed by atoms with Gasteiger partial charge in [0.15, 0.2) is 0 Å². The first kappa shape index (κ1) is 51.3. The van der Waals surface area contributed by atoms with Gasteiger partial charge in [0.1, 0.15) is 36.4 Å². The van der Waals surface area contributed by atoms with Crippen LogP contribution in [0.25, 0.3) is 44.2 Å². The number of aromatic nitrogens is 2. The summed E-state index contributed by atoms with van der Waals surface area (Å²) >= 11 is 1.99. The second kappa shape index (κ2) is 20.5. The average Bonchev–Trinajstić information content (AvgIpc) is 2.02. The van der Waals surface area contributed by atoms with E-state index in [1.54, 1.807) is 170 Å². The van der Waals surface area contributed by atoms with E-state index in [1.165, 1.54) is 24.3 Å². The normalized spacial score (nSPS) is 15.6. The van der Waals surface area contributed by atoms with Crippen molar-refractivity contribution in [3.05, 3.63) is 259 Å². The van der Waals surface area contributed by atoms with Crippen LogP contribution in [0.15, 0.2) is 182 Å². The lowest BCUT2D eigenvalue weighted by Gasteiger charge is -2.28. The van der Waals surface area contributed by atoms with Crippen LogP contribution in [0.3, 0.4) is 0 Å². The zero-order valence-corrected chi connectivity index (χ0v) is 44.5. The third-order valence-electron chi connectivity index (χ3n) is 14.9. The summed E-state index contributed by atoms with van der Waals surface area (Å²) in [6, 6.07) is 51.5. The van der Waals surface area contributed by atoms with Gasteiger partial charge in [-0.15, -0.1) is 22.7 Å². The maximum Gasteiger partial charge on any atom is 0.334 e. The number of rotatable bonds is 14. The maximum atomic E-state index is 15.7. The molecule has 0 atom stereocenters. The summed E-state index contributed by atoms with van der Waals surface area (Å²) in [5, 5.41) is 0.242. The molecule has 14 nitrogen and oxygen atoms in total. The average molecular weight is 1120 g/mol. The van der Waals surface area contributed by atoms with Crippen LogP contribution in [0.2, 0.25) is 0 Å². The third kappa shape index (κ3) is 8.29. The number of nitrogens with zero attached hydrogens (tertiary/aromatic N) is 2. The predicted octanol–water partition coefficient (Wildman–Crippen LogP) is 10.7. The van der Waals surface area contributed by atoms with Crippen molar-refractivity contribution in [3.63, 3.8) is 0 Å². The van der Waals surface area contributed by atoms with Crippen LogP contribution in [0.1, 0.15) is 86.6 Å². The number of thiazole rings is 2. The molecular weight excluding hydrogens is 1080 g/mol. The quantitative estimate of drug-likeness (QED) is 0.0327. The minimum atomic E-state index is -2.53. The van der Waals surface area contributed by atoms with Crippen LogP contribution in [-0.2, 0) is 85.0 Å². The minimum Gasteiger partial charge on any atom is -0.459 e. The van der Waals surface area contributed by atoms with Crippen molar-refractivity contribution in [3.8, 4) is 20.9 Å². The number of carbonyl (C=O) groups excluding carboxylic acids is 8. The van der Waals surface area contributed by atoms with Crippen molar-refractivity contribution in [2.24, 2.45) is 0 Å². The van der Waals surface area contributed by atoms with E-state index in [2.05, 4.69) is 0 Å². The second-order valence-corrected chi connectivity index (χ2v) is 21.7. The Labute approximate surface area is 475 Å². The van der Waals surface area contributed by atoms with Gasteiger partial charge in [0.05, 0.1) is 21.1 Å². The van der Waals surface area contributed by atoms with Crippen molar-refractivity contribution in [1.82, 2.24) is 9.97 Å². The molecule has 0 unspecified atom stereocenters. The summed E-state index contributed by atoms with van der Waals surface area (Å²) in [7, 11) is 0.